The minimum Gasteiger partial charge on any atom is -0.321 e. The van der Waals surface area contributed by atoms with Gasteiger partial charge in [-0.25, -0.2) is 4.68 Å². The number of nitrogens with zero attached hydrogens (tertiary/aromatic N) is 4. The highest BCUT2D eigenvalue weighted by Crippen LogP contribution is 2.32. The standard InChI is InChI=1S/C29H23F3N6O3/c30-29(31,32)26-15-25(37(36-26)24-6-1-3-19(13-24)16-33)28(39)35-22-5-2-4-21(14-22)27(34-17-18-7-8-18)20-9-11-23(12-10-20)38(40)41/h1-6,9-15,18,27,34H,7-8,17H2,(H,35,39). The first-order chi connectivity index (χ1) is 19.6. The van der Waals surface area contributed by atoms with Gasteiger partial charge in [-0.3, -0.25) is 14.9 Å². The second kappa shape index (κ2) is 11.2. The van der Waals surface area contributed by atoms with Crippen LogP contribution in [-0.4, -0.2) is 27.2 Å². The number of hydrogen-bond acceptors (Lipinski definition) is 6. The fourth-order valence-electron chi connectivity index (χ4n) is 4.40. The number of amides is 1. The molecular weight excluding hydrogens is 537 g/mol. The molecule has 0 radical (unpaired) electrons. The molecule has 1 atom stereocenters. The summed E-state index contributed by atoms with van der Waals surface area (Å²) in [7, 11) is 0. The first-order valence-electron chi connectivity index (χ1n) is 12.7. The largest absolute Gasteiger partial charge is 0.435 e. The molecule has 1 heterocycles. The molecule has 12 heteroatoms. The quantitative estimate of drug-likeness (QED) is 0.191. The number of carbonyl (C=O) groups excluding carboxylic acids is 1. The van der Waals surface area contributed by atoms with E-state index in [0.29, 0.717) is 17.7 Å². The van der Waals surface area contributed by atoms with Crippen LogP contribution in [-0.2, 0) is 6.18 Å². The summed E-state index contributed by atoms with van der Waals surface area (Å²) in [6.45, 7) is 0.736. The Hall–Kier alpha value is -5.02. The summed E-state index contributed by atoms with van der Waals surface area (Å²) >= 11 is 0. The van der Waals surface area contributed by atoms with Gasteiger partial charge in [0.15, 0.2) is 5.69 Å². The number of nitriles is 1. The van der Waals surface area contributed by atoms with Gasteiger partial charge in [0.05, 0.1) is 28.3 Å². The maximum Gasteiger partial charge on any atom is 0.435 e. The van der Waals surface area contributed by atoms with E-state index in [1.54, 1.807) is 30.3 Å². The number of nitro groups is 1. The van der Waals surface area contributed by atoms with Gasteiger partial charge in [0, 0.05) is 23.9 Å². The van der Waals surface area contributed by atoms with Crippen molar-refractivity contribution in [1.29, 1.82) is 5.26 Å². The predicted octanol–water partition coefficient (Wildman–Crippen LogP) is 6.01. The van der Waals surface area contributed by atoms with Gasteiger partial charge < -0.3 is 10.6 Å². The molecule has 0 bridgehead atoms. The van der Waals surface area contributed by atoms with Crippen molar-refractivity contribution in [3.8, 4) is 11.8 Å². The van der Waals surface area contributed by atoms with E-state index in [4.69, 9.17) is 0 Å². The lowest BCUT2D eigenvalue weighted by molar-refractivity contribution is -0.384. The van der Waals surface area contributed by atoms with E-state index in [9.17, 15) is 33.3 Å². The van der Waals surface area contributed by atoms with Crippen molar-refractivity contribution < 1.29 is 22.9 Å². The number of benzene rings is 3. The Bertz CT molecular complexity index is 1640. The Morgan fingerprint density at radius 3 is 2.46 bits per heavy atom. The van der Waals surface area contributed by atoms with Crippen LogP contribution in [0.5, 0.6) is 0 Å². The number of alkyl halides is 3. The summed E-state index contributed by atoms with van der Waals surface area (Å²) in [5.74, 6) is -0.286. The molecule has 1 unspecified atom stereocenters. The number of nitrogens with one attached hydrogen (secondary N) is 2. The smallest absolute Gasteiger partial charge is 0.321 e. The highest BCUT2D eigenvalue weighted by Gasteiger charge is 2.36. The molecule has 0 spiro atoms. The van der Waals surface area contributed by atoms with Crippen LogP contribution in [0.1, 0.15) is 51.8 Å². The van der Waals surface area contributed by atoms with Gasteiger partial charge in [-0.15, -0.1) is 0 Å². The Kier molecular flexibility index (Phi) is 7.54. The summed E-state index contributed by atoms with van der Waals surface area (Å²) in [4.78, 5) is 23.9. The summed E-state index contributed by atoms with van der Waals surface area (Å²) in [6, 6.07) is 21.0. The number of rotatable bonds is 9. The average molecular weight is 561 g/mol. The van der Waals surface area contributed by atoms with Crippen molar-refractivity contribution in [2.45, 2.75) is 25.1 Å². The highest BCUT2D eigenvalue weighted by molar-refractivity contribution is 6.03. The van der Waals surface area contributed by atoms with Gasteiger partial charge in [0.25, 0.3) is 11.6 Å². The van der Waals surface area contributed by atoms with Gasteiger partial charge in [-0.05, 0) is 66.8 Å². The fraction of sp³-hybridized carbons (Fsp3) is 0.207. The summed E-state index contributed by atoms with van der Waals surface area (Å²) < 4.78 is 41.5. The SMILES string of the molecule is N#Cc1cccc(-n2nc(C(F)(F)F)cc2C(=O)Nc2cccc(C(NCC3CC3)c3ccc([N+](=O)[O-])cc3)c2)c1. The highest BCUT2D eigenvalue weighted by atomic mass is 19.4. The third-order valence-corrected chi connectivity index (χ3v) is 6.67. The predicted molar refractivity (Wildman–Crippen MR) is 143 cm³/mol. The molecular formula is C29H23F3N6O3. The first-order valence-corrected chi connectivity index (χ1v) is 12.7. The van der Waals surface area contributed by atoms with Crippen LogP contribution in [0.15, 0.2) is 78.9 Å². The molecule has 3 aromatic carbocycles. The van der Waals surface area contributed by atoms with E-state index in [1.165, 1.54) is 36.4 Å². The second-order valence-corrected chi connectivity index (χ2v) is 9.70. The van der Waals surface area contributed by atoms with Gasteiger partial charge in [0.2, 0.25) is 0 Å². The number of hydrogen-bond donors (Lipinski definition) is 2. The Balaban J connectivity index is 1.45. The third-order valence-electron chi connectivity index (χ3n) is 6.67. The maximum absolute atomic E-state index is 13.5. The number of anilines is 1. The molecule has 2 N–H and O–H groups in total. The monoisotopic (exact) mass is 560 g/mol. The normalized spacial score (nSPS) is 13.8. The topological polar surface area (TPSA) is 126 Å². The lowest BCUT2D eigenvalue weighted by Gasteiger charge is -2.21. The van der Waals surface area contributed by atoms with Gasteiger partial charge in [-0.1, -0.05) is 30.3 Å². The number of halogens is 3. The van der Waals surface area contributed by atoms with Crippen molar-refractivity contribution in [3.63, 3.8) is 0 Å². The number of carbonyl (C=O) groups is 1. The molecule has 0 aliphatic heterocycles. The molecule has 1 aromatic heterocycles. The minimum absolute atomic E-state index is 0.0362. The molecule has 1 aliphatic rings. The van der Waals surface area contributed by atoms with Crippen molar-refractivity contribution in [3.05, 3.63) is 117 Å². The number of non-ortho nitro benzene ring substituents is 1. The molecule has 1 saturated carbocycles. The molecule has 0 saturated heterocycles. The molecule has 5 rings (SSSR count). The van der Waals surface area contributed by atoms with Gasteiger partial charge >= 0.3 is 6.18 Å². The van der Waals surface area contributed by atoms with Gasteiger partial charge in [-0.2, -0.15) is 23.5 Å². The zero-order valence-corrected chi connectivity index (χ0v) is 21.4. The molecule has 4 aromatic rings. The van der Waals surface area contributed by atoms with Crippen molar-refractivity contribution in [1.82, 2.24) is 15.1 Å². The maximum atomic E-state index is 13.5. The first kappa shape index (κ1) is 27.5. The second-order valence-electron chi connectivity index (χ2n) is 9.70. The van der Waals surface area contributed by atoms with Crippen LogP contribution in [0.2, 0.25) is 0 Å². The lowest BCUT2D eigenvalue weighted by Crippen LogP contribution is -2.25. The Morgan fingerprint density at radius 1 is 1.07 bits per heavy atom. The van der Waals surface area contributed by atoms with Crippen molar-refractivity contribution >= 4 is 17.3 Å². The summed E-state index contributed by atoms with van der Waals surface area (Å²) in [6.07, 6.45) is -2.57. The van der Waals surface area contributed by atoms with Crippen LogP contribution >= 0.6 is 0 Å². The molecule has 9 nitrogen and oxygen atoms in total. The molecule has 1 aliphatic carbocycles. The van der Waals surface area contributed by atoms with E-state index in [1.807, 2.05) is 12.1 Å². The lowest BCUT2D eigenvalue weighted by atomic mass is 9.97. The van der Waals surface area contributed by atoms with Crippen LogP contribution < -0.4 is 10.6 Å². The summed E-state index contributed by atoms with van der Waals surface area (Å²) in [5.41, 5.74) is 0.541. The molecule has 41 heavy (non-hydrogen) atoms. The fourth-order valence-corrected chi connectivity index (χ4v) is 4.40. The Morgan fingerprint density at radius 2 is 1.80 bits per heavy atom. The van der Waals surface area contributed by atoms with E-state index >= 15 is 0 Å². The van der Waals surface area contributed by atoms with E-state index in [0.717, 1.165) is 35.2 Å². The third kappa shape index (κ3) is 6.42. The Labute approximate surface area is 232 Å². The van der Waals surface area contributed by atoms with E-state index < -0.39 is 22.7 Å². The van der Waals surface area contributed by atoms with E-state index in [2.05, 4.69) is 15.7 Å². The average Bonchev–Trinajstić information content (AvgIpc) is 3.66. The number of nitro benzene ring substituents is 1. The van der Waals surface area contributed by atoms with Crippen LogP contribution in [0.4, 0.5) is 24.5 Å². The molecule has 1 fully saturated rings. The summed E-state index contributed by atoms with van der Waals surface area (Å²) in [5, 5.41) is 30.1. The molecule has 208 valence electrons. The van der Waals surface area contributed by atoms with Crippen LogP contribution in [0.25, 0.3) is 5.69 Å². The minimum atomic E-state index is -4.79. The van der Waals surface area contributed by atoms with Crippen molar-refractivity contribution in [2.75, 3.05) is 11.9 Å². The number of aromatic nitrogens is 2. The zero-order chi connectivity index (χ0) is 29.1. The van der Waals surface area contributed by atoms with Crippen molar-refractivity contribution in [2.24, 2.45) is 5.92 Å². The molecule has 1 amide bonds. The van der Waals surface area contributed by atoms with Crippen LogP contribution in [0.3, 0.4) is 0 Å². The zero-order valence-electron chi connectivity index (χ0n) is 21.4. The van der Waals surface area contributed by atoms with Gasteiger partial charge in [0.1, 0.15) is 5.69 Å². The van der Waals surface area contributed by atoms with Crippen LogP contribution in [0, 0.1) is 27.4 Å². The van der Waals surface area contributed by atoms with E-state index in [-0.39, 0.29) is 28.7 Å².